The molecule has 0 bridgehead atoms. The molecule has 96 valence electrons. The van der Waals surface area contributed by atoms with Crippen LogP contribution in [0.4, 0.5) is 0 Å². The molecule has 1 aromatic rings. The zero-order valence-electron chi connectivity index (χ0n) is 10.9. The fraction of sp³-hybridized carbons (Fsp3) is 0.571. The quantitative estimate of drug-likeness (QED) is 0.764. The van der Waals surface area contributed by atoms with Crippen LogP contribution in [0.25, 0.3) is 0 Å². The highest BCUT2D eigenvalue weighted by Gasteiger charge is 2.09. The molecule has 17 heavy (non-hydrogen) atoms. The molecule has 0 saturated carbocycles. The summed E-state index contributed by atoms with van der Waals surface area (Å²) in [6, 6.07) is 8.39. The van der Waals surface area contributed by atoms with Crippen LogP contribution in [-0.4, -0.2) is 24.4 Å². The van der Waals surface area contributed by atoms with E-state index in [0.717, 1.165) is 12.3 Å². The molecule has 0 amide bonds. The summed E-state index contributed by atoms with van der Waals surface area (Å²) in [5, 5.41) is 12.5. The molecule has 0 aliphatic carbocycles. The Morgan fingerprint density at radius 3 is 2.76 bits per heavy atom. The van der Waals surface area contributed by atoms with Crippen molar-refractivity contribution in [3.63, 3.8) is 0 Å². The van der Waals surface area contributed by atoms with Crippen LogP contribution in [0, 0.1) is 5.92 Å². The SMILES string of the molecule is CCOc1cccc(CNC(C)C(C)CO)c1. The maximum Gasteiger partial charge on any atom is 0.119 e. The number of aliphatic hydroxyl groups excluding tert-OH is 1. The van der Waals surface area contributed by atoms with Crippen molar-refractivity contribution >= 4 is 0 Å². The average Bonchev–Trinajstić information content (AvgIpc) is 2.36. The van der Waals surface area contributed by atoms with Gasteiger partial charge < -0.3 is 15.2 Å². The normalized spacial score (nSPS) is 14.4. The molecular formula is C14H23NO2. The predicted molar refractivity (Wildman–Crippen MR) is 70.2 cm³/mol. The van der Waals surface area contributed by atoms with Crippen LogP contribution < -0.4 is 10.1 Å². The van der Waals surface area contributed by atoms with Crippen LogP contribution in [0.3, 0.4) is 0 Å². The number of nitrogens with one attached hydrogen (secondary N) is 1. The van der Waals surface area contributed by atoms with Gasteiger partial charge in [-0.1, -0.05) is 19.1 Å². The van der Waals surface area contributed by atoms with E-state index in [4.69, 9.17) is 9.84 Å². The Morgan fingerprint density at radius 1 is 1.35 bits per heavy atom. The first-order valence-corrected chi connectivity index (χ1v) is 6.23. The van der Waals surface area contributed by atoms with Gasteiger partial charge in [0, 0.05) is 19.2 Å². The summed E-state index contributed by atoms with van der Waals surface area (Å²) in [5.41, 5.74) is 1.20. The highest BCUT2D eigenvalue weighted by molar-refractivity contribution is 5.28. The van der Waals surface area contributed by atoms with Crippen LogP contribution in [-0.2, 0) is 6.54 Å². The summed E-state index contributed by atoms with van der Waals surface area (Å²) < 4.78 is 5.45. The van der Waals surface area contributed by atoms with Crippen molar-refractivity contribution in [3.05, 3.63) is 29.8 Å². The van der Waals surface area contributed by atoms with Gasteiger partial charge in [-0.15, -0.1) is 0 Å². The van der Waals surface area contributed by atoms with Gasteiger partial charge in [0.25, 0.3) is 0 Å². The summed E-state index contributed by atoms with van der Waals surface area (Å²) in [5.74, 6) is 1.18. The number of ether oxygens (including phenoxy) is 1. The molecule has 3 nitrogen and oxygen atoms in total. The van der Waals surface area contributed by atoms with Gasteiger partial charge in [-0.25, -0.2) is 0 Å². The Hall–Kier alpha value is -1.06. The number of benzene rings is 1. The fourth-order valence-electron chi connectivity index (χ4n) is 1.55. The molecule has 2 N–H and O–H groups in total. The minimum atomic E-state index is 0.215. The van der Waals surface area contributed by atoms with Gasteiger partial charge in [0.15, 0.2) is 0 Å². The highest BCUT2D eigenvalue weighted by atomic mass is 16.5. The Morgan fingerprint density at radius 2 is 2.12 bits per heavy atom. The van der Waals surface area contributed by atoms with Gasteiger partial charge in [-0.2, -0.15) is 0 Å². The lowest BCUT2D eigenvalue weighted by molar-refractivity contribution is 0.207. The topological polar surface area (TPSA) is 41.5 Å². The summed E-state index contributed by atoms with van der Waals surface area (Å²) in [4.78, 5) is 0. The van der Waals surface area contributed by atoms with Crippen molar-refractivity contribution in [2.45, 2.75) is 33.4 Å². The summed E-state index contributed by atoms with van der Waals surface area (Å²) >= 11 is 0. The molecule has 2 atom stereocenters. The van der Waals surface area contributed by atoms with Gasteiger partial charge in [0.05, 0.1) is 6.61 Å². The fourth-order valence-corrected chi connectivity index (χ4v) is 1.55. The third-order valence-electron chi connectivity index (χ3n) is 2.98. The van der Waals surface area contributed by atoms with Gasteiger partial charge in [0.1, 0.15) is 5.75 Å². The monoisotopic (exact) mass is 237 g/mol. The molecule has 0 aliphatic rings. The Balaban J connectivity index is 2.48. The van der Waals surface area contributed by atoms with Gasteiger partial charge >= 0.3 is 0 Å². The van der Waals surface area contributed by atoms with Gasteiger partial charge in [-0.3, -0.25) is 0 Å². The average molecular weight is 237 g/mol. The Kier molecular flexibility index (Phi) is 6.01. The lowest BCUT2D eigenvalue weighted by Crippen LogP contribution is -2.33. The van der Waals surface area contributed by atoms with E-state index in [1.807, 2.05) is 32.0 Å². The van der Waals surface area contributed by atoms with E-state index in [1.165, 1.54) is 5.56 Å². The summed E-state index contributed by atoms with van der Waals surface area (Å²) in [6.07, 6.45) is 0. The lowest BCUT2D eigenvalue weighted by Gasteiger charge is -2.19. The molecule has 0 saturated heterocycles. The van der Waals surface area contributed by atoms with Gasteiger partial charge in [-0.05, 0) is 37.5 Å². The van der Waals surface area contributed by atoms with Crippen molar-refractivity contribution in [2.75, 3.05) is 13.2 Å². The molecule has 2 unspecified atom stereocenters. The Labute approximate surface area is 104 Å². The van der Waals surface area contributed by atoms with Crippen LogP contribution in [0.5, 0.6) is 5.75 Å². The number of rotatable bonds is 7. The second-order valence-electron chi connectivity index (χ2n) is 4.41. The molecule has 0 fully saturated rings. The van der Waals surface area contributed by atoms with Crippen molar-refractivity contribution < 1.29 is 9.84 Å². The minimum absolute atomic E-state index is 0.215. The minimum Gasteiger partial charge on any atom is -0.494 e. The molecule has 1 rings (SSSR count). The van der Waals surface area contributed by atoms with Gasteiger partial charge in [0.2, 0.25) is 0 Å². The molecule has 0 aliphatic heterocycles. The zero-order chi connectivity index (χ0) is 12.7. The molecule has 3 heteroatoms. The lowest BCUT2D eigenvalue weighted by atomic mass is 10.0. The van der Waals surface area contributed by atoms with Crippen LogP contribution in [0.1, 0.15) is 26.3 Å². The third-order valence-corrected chi connectivity index (χ3v) is 2.98. The van der Waals surface area contributed by atoms with E-state index >= 15 is 0 Å². The van der Waals surface area contributed by atoms with E-state index in [2.05, 4.69) is 18.3 Å². The maximum absolute atomic E-state index is 9.06. The number of hydrogen-bond acceptors (Lipinski definition) is 3. The second kappa shape index (κ2) is 7.30. The molecule has 0 radical (unpaired) electrons. The largest absolute Gasteiger partial charge is 0.494 e. The van der Waals surface area contributed by atoms with E-state index in [-0.39, 0.29) is 12.5 Å². The summed E-state index contributed by atoms with van der Waals surface area (Å²) in [7, 11) is 0. The number of hydrogen-bond donors (Lipinski definition) is 2. The smallest absolute Gasteiger partial charge is 0.119 e. The first-order chi connectivity index (χ1) is 8.17. The van der Waals surface area contributed by atoms with Crippen molar-refractivity contribution in [1.82, 2.24) is 5.32 Å². The van der Waals surface area contributed by atoms with Crippen molar-refractivity contribution in [2.24, 2.45) is 5.92 Å². The van der Waals surface area contributed by atoms with Crippen LogP contribution >= 0.6 is 0 Å². The second-order valence-corrected chi connectivity index (χ2v) is 4.41. The molecule has 0 aromatic heterocycles. The van der Waals surface area contributed by atoms with Crippen molar-refractivity contribution in [3.8, 4) is 5.75 Å². The predicted octanol–water partition coefficient (Wildman–Crippen LogP) is 2.19. The first kappa shape index (κ1) is 14.0. The standard InChI is InChI=1S/C14H23NO2/c1-4-17-14-7-5-6-13(8-14)9-15-12(3)11(2)10-16/h5-8,11-12,15-16H,4,9-10H2,1-3H3. The van der Waals surface area contributed by atoms with E-state index in [1.54, 1.807) is 0 Å². The van der Waals surface area contributed by atoms with Crippen LogP contribution in [0.2, 0.25) is 0 Å². The van der Waals surface area contributed by atoms with Crippen molar-refractivity contribution in [1.29, 1.82) is 0 Å². The zero-order valence-corrected chi connectivity index (χ0v) is 10.9. The van der Waals surface area contributed by atoms with E-state index in [0.29, 0.717) is 12.6 Å². The Bertz CT molecular complexity index is 328. The first-order valence-electron chi connectivity index (χ1n) is 6.23. The highest BCUT2D eigenvalue weighted by Crippen LogP contribution is 2.13. The molecule has 0 heterocycles. The third kappa shape index (κ3) is 4.75. The maximum atomic E-state index is 9.06. The molecule has 1 aromatic carbocycles. The van der Waals surface area contributed by atoms with Crippen LogP contribution in [0.15, 0.2) is 24.3 Å². The number of aliphatic hydroxyl groups is 1. The summed E-state index contributed by atoms with van der Waals surface area (Å²) in [6.45, 7) is 7.81. The molecular weight excluding hydrogens is 214 g/mol. The van der Waals surface area contributed by atoms with E-state index < -0.39 is 0 Å². The molecule has 0 spiro atoms. The van der Waals surface area contributed by atoms with E-state index in [9.17, 15) is 0 Å².